The van der Waals surface area contributed by atoms with Gasteiger partial charge in [-0.05, 0) is 39.7 Å². The van der Waals surface area contributed by atoms with Crippen LogP contribution in [0.15, 0.2) is 18.5 Å². The van der Waals surface area contributed by atoms with Crippen LogP contribution in [0.1, 0.15) is 52.3 Å². The van der Waals surface area contributed by atoms with Crippen molar-refractivity contribution in [1.82, 2.24) is 14.9 Å². The van der Waals surface area contributed by atoms with Crippen molar-refractivity contribution in [2.75, 3.05) is 0 Å². The van der Waals surface area contributed by atoms with E-state index in [-0.39, 0.29) is 18.2 Å². The predicted octanol–water partition coefficient (Wildman–Crippen LogP) is 2.23. The van der Waals surface area contributed by atoms with Gasteiger partial charge in [0.25, 0.3) is 0 Å². The molecule has 2 saturated heterocycles. The summed E-state index contributed by atoms with van der Waals surface area (Å²) in [4.78, 5) is 22.6. The Morgan fingerprint density at radius 2 is 1.82 bits per heavy atom. The summed E-state index contributed by atoms with van der Waals surface area (Å²) in [7, 11) is 0. The third-order valence-corrected chi connectivity index (χ3v) is 4.35. The maximum Gasteiger partial charge on any atom is 0.410 e. The molecule has 1 aromatic heterocycles. The lowest BCUT2D eigenvalue weighted by molar-refractivity contribution is -0.0672. The SMILES string of the molecule is CC(C)(C)OC(=O)N1C2CCC1CC(O)(c1ncccn1)C2. The van der Waals surface area contributed by atoms with Gasteiger partial charge in [0.2, 0.25) is 0 Å². The van der Waals surface area contributed by atoms with Gasteiger partial charge < -0.3 is 14.7 Å². The number of carbonyl (C=O) groups is 1. The summed E-state index contributed by atoms with van der Waals surface area (Å²) in [5, 5.41) is 11.0. The lowest BCUT2D eigenvalue weighted by Crippen LogP contribution is -2.53. The first kappa shape index (κ1) is 15.2. The van der Waals surface area contributed by atoms with Crippen LogP contribution in [0.3, 0.4) is 0 Å². The van der Waals surface area contributed by atoms with Gasteiger partial charge in [0.15, 0.2) is 5.82 Å². The number of nitrogens with zero attached hydrogens (tertiary/aromatic N) is 3. The fourth-order valence-electron chi connectivity index (χ4n) is 3.56. The maximum absolute atomic E-state index is 12.4. The molecule has 120 valence electrons. The molecule has 1 amide bonds. The molecule has 0 saturated carbocycles. The van der Waals surface area contributed by atoms with E-state index >= 15 is 0 Å². The number of aliphatic hydroxyl groups is 1. The second-order valence-electron chi connectivity index (χ2n) is 7.28. The molecule has 2 fully saturated rings. The van der Waals surface area contributed by atoms with Crippen LogP contribution in [-0.4, -0.2) is 43.8 Å². The highest BCUT2D eigenvalue weighted by Crippen LogP contribution is 2.45. The van der Waals surface area contributed by atoms with Crippen LogP contribution in [-0.2, 0) is 10.3 Å². The van der Waals surface area contributed by atoms with Crippen molar-refractivity contribution in [3.05, 3.63) is 24.3 Å². The Kier molecular flexibility index (Phi) is 3.59. The molecule has 2 bridgehead atoms. The number of hydrogen-bond donors (Lipinski definition) is 1. The highest BCUT2D eigenvalue weighted by molar-refractivity contribution is 5.69. The Hall–Kier alpha value is -1.69. The Morgan fingerprint density at radius 3 is 2.32 bits per heavy atom. The Bertz CT molecular complexity index is 542. The van der Waals surface area contributed by atoms with E-state index in [2.05, 4.69) is 9.97 Å². The van der Waals surface area contributed by atoms with Gasteiger partial charge >= 0.3 is 6.09 Å². The fraction of sp³-hybridized carbons (Fsp3) is 0.688. The molecule has 3 heterocycles. The zero-order chi connectivity index (χ0) is 16.0. The first-order chi connectivity index (χ1) is 10.3. The largest absolute Gasteiger partial charge is 0.444 e. The van der Waals surface area contributed by atoms with Crippen LogP contribution in [0.5, 0.6) is 0 Å². The number of carbonyl (C=O) groups excluding carboxylic acids is 1. The topological polar surface area (TPSA) is 75.5 Å². The number of amides is 1. The van der Waals surface area contributed by atoms with Crippen LogP contribution in [0, 0.1) is 0 Å². The molecular formula is C16H23N3O3. The minimum Gasteiger partial charge on any atom is -0.444 e. The van der Waals surface area contributed by atoms with E-state index in [9.17, 15) is 9.90 Å². The van der Waals surface area contributed by atoms with Crippen molar-refractivity contribution in [3.63, 3.8) is 0 Å². The lowest BCUT2D eigenvalue weighted by Gasteiger charge is -2.43. The maximum atomic E-state index is 12.4. The molecule has 0 aromatic carbocycles. The highest BCUT2D eigenvalue weighted by atomic mass is 16.6. The molecule has 6 heteroatoms. The zero-order valence-corrected chi connectivity index (χ0v) is 13.3. The number of ether oxygens (including phenoxy) is 1. The van der Waals surface area contributed by atoms with Crippen molar-refractivity contribution in [2.24, 2.45) is 0 Å². The summed E-state index contributed by atoms with van der Waals surface area (Å²) in [5.74, 6) is 0.454. The predicted molar refractivity (Wildman–Crippen MR) is 80.0 cm³/mol. The van der Waals surface area contributed by atoms with E-state index < -0.39 is 11.2 Å². The molecule has 1 aromatic rings. The average Bonchev–Trinajstić information content (AvgIpc) is 2.71. The second kappa shape index (κ2) is 5.19. The molecule has 1 N–H and O–H groups in total. The van der Waals surface area contributed by atoms with Gasteiger partial charge in [-0.25, -0.2) is 14.8 Å². The minimum atomic E-state index is -1.05. The third kappa shape index (κ3) is 2.79. The molecule has 0 spiro atoms. The molecule has 2 aliphatic heterocycles. The second-order valence-corrected chi connectivity index (χ2v) is 7.28. The summed E-state index contributed by atoms with van der Waals surface area (Å²) in [6.45, 7) is 5.60. The smallest absolute Gasteiger partial charge is 0.410 e. The number of rotatable bonds is 1. The molecular weight excluding hydrogens is 282 g/mol. The van der Waals surface area contributed by atoms with E-state index in [4.69, 9.17) is 4.74 Å². The third-order valence-electron chi connectivity index (χ3n) is 4.35. The molecule has 22 heavy (non-hydrogen) atoms. The van der Waals surface area contributed by atoms with E-state index in [1.165, 1.54) is 0 Å². The normalized spacial score (nSPS) is 31.2. The molecule has 0 radical (unpaired) electrons. The van der Waals surface area contributed by atoms with Crippen LogP contribution in [0.25, 0.3) is 0 Å². The van der Waals surface area contributed by atoms with Crippen LogP contribution in [0.2, 0.25) is 0 Å². The van der Waals surface area contributed by atoms with E-state index in [1.807, 2.05) is 25.7 Å². The van der Waals surface area contributed by atoms with Gasteiger partial charge in [0, 0.05) is 37.3 Å². The molecule has 0 aliphatic carbocycles. The molecule has 2 unspecified atom stereocenters. The van der Waals surface area contributed by atoms with Crippen LogP contribution < -0.4 is 0 Å². The minimum absolute atomic E-state index is 0.0117. The molecule has 2 atom stereocenters. The summed E-state index contributed by atoms with van der Waals surface area (Å²) < 4.78 is 5.51. The number of fused-ring (bicyclic) bond motifs is 2. The summed E-state index contributed by atoms with van der Waals surface area (Å²) >= 11 is 0. The van der Waals surface area contributed by atoms with Crippen molar-refractivity contribution < 1.29 is 14.6 Å². The van der Waals surface area contributed by atoms with Crippen molar-refractivity contribution >= 4 is 6.09 Å². The first-order valence-corrected chi connectivity index (χ1v) is 7.80. The first-order valence-electron chi connectivity index (χ1n) is 7.80. The van der Waals surface area contributed by atoms with Gasteiger partial charge in [-0.15, -0.1) is 0 Å². The molecule has 2 aliphatic rings. The number of aromatic nitrogens is 2. The monoisotopic (exact) mass is 305 g/mol. The zero-order valence-electron chi connectivity index (χ0n) is 13.3. The van der Waals surface area contributed by atoms with Gasteiger partial charge in [0.05, 0.1) is 0 Å². The summed E-state index contributed by atoms with van der Waals surface area (Å²) in [6, 6.07) is 1.71. The standard InChI is InChI=1S/C16H23N3O3/c1-15(2,3)22-14(20)19-11-5-6-12(19)10-16(21,9-11)13-17-7-4-8-18-13/h4,7-8,11-12,21H,5-6,9-10H2,1-3H3. The van der Waals surface area contributed by atoms with Gasteiger partial charge in [0.1, 0.15) is 11.2 Å². The molecule has 3 rings (SSSR count). The van der Waals surface area contributed by atoms with E-state index in [1.54, 1.807) is 18.5 Å². The number of hydrogen-bond acceptors (Lipinski definition) is 5. The Balaban J connectivity index is 1.78. The summed E-state index contributed by atoms with van der Waals surface area (Å²) in [5.41, 5.74) is -1.56. The number of piperidine rings is 1. The van der Waals surface area contributed by atoms with E-state index in [0.717, 1.165) is 12.8 Å². The quantitative estimate of drug-likeness (QED) is 0.861. The van der Waals surface area contributed by atoms with Crippen LogP contribution >= 0.6 is 0 Å². The highest BCUT2D eigenvalue weighted by Gasteiger charge is 2.52. The molecule has 6 nitrogen and oxygen atoms in total. The Morgan fingerprint density at radius 1 is 1.27 bits per heavy atom. The Labute approximate surface area is 130 Å². The van der Waals surface area contributed by atoms with Gasteiger partial charge in [-0.2, -0.15) is 0 Å². The van der Waals surface area contributed by atoms with Crippen molar-refractivity contribution in [3.8, 4) is 0 Å². The van der Waals surface area contributed by atoms with Crippen molar-refractivity contribution in [1.29, 1.82) is 0 Å². The van der Waals surface area contributed by atoms with Crippen molar-refractivity contribution in [2.45, 2.75) is 69.7 Å². The fourth-order valence-corrected chi connectivity index (χ4v) is 3.56. The van der Waals surface area contributed by atoms with E-state index in [0.29, 0.717) is 18.7 Å². The summed E-state index contributed by atoms with van der Waals surface area (Å²) in [6.07, 6.45) is 5.71. The lowest BCUT2D eigenvalue weighted by atomic mass is 9.85. The van der Waals surface area contributed by atoms with Crippen LogP contribution in [0.4, 0.5) is 4.79 Å². The van der Waals surface area contributed by atoms with Gasteiger partial charge in [-0.3, -0.25) is 0 Å². The van der Waals surface area contributed by atoms with Gasteiger partial charge in [-0.1, -0.05) is 0 Å². The average molecular weight is 305 g/mol.